The van der Waals surface area contributed by atoms with Crippen molar-refractivity contribution in [1.82, 2.24) is 0 Å². The Kier molecular flexibility index (Phi) is 36.5. The number of hydrogen-bond acceptors (Lipinski definition) is 17. The van der Waals surface area contributed by atoms with E-state index in [9.17, 15) is 58.2 Å². The molecule has 5 N–H and O–H groups in total. The highest BCUT2D eigenvalue weighted by Gasteiger charge is 2.54. The molecule has 69 heavy (non-hydrogen) atoms. The molecule has 0 aromatic heterocycles. The number of esters is 2. The SMILES string of the molecule is CCCCC/C=C\C/C=C\C/C=C\C/C=C\CCCC(=O)O[C@H](COC(=O)CCCCCCCCCCCCCCCCC)COP(=O)([O-])O[C@@H]1[C@H](O)[C@H](O)[C@@H](OP(=O)([O-])O)[C@H](OP(=O)([O-])O)[C@H]1O. The van der Waals surface area contributed by atoms with Gasteiger partial charge < -0.3 is 67.4 Å². The van der Waals surface area contributed by atoms with E-state index >= 15 is 0 Å². The van der Waals surface area contributed by atoms with Crippen molar-refractivity contribution in [2.45, 2.75) is 224 Å². The lowest BCUT2D eigenvalue weighted by atomic mass is 9.85. The van der Waals surface area contributed by atoms with Crippen molar-refractivity contribution in [2.75, 3.05) is 13.2 Å². The molecule has 22 heteroatoms. The van der Waals surface area contributed by atoms with E-state index in [0.29, 0.717) is 25.7 Å². The van der Waals surface area contributed by atoms with Crippen LogP contribution in [-0.4, -0.2) is 93.0 Å². The first-order chi connectivity index (χ1) is 32.8. The molecule has 1 rings (SSSR count). The minimum Gasteiger partial charge on any atom is -0.756 e. The number of unbranched alkanes of at least 4 members (excludes halogenated alkanes) is 18. The number of phosphoric acid groups is 3. The second-order valence-corrected chi connectivity index (χ2v) is 21.0. The van der Waals surface area contributed by atoms with Gasteiger partial charge in [-0.3, -0.25) is 23.3 Å². The molecule has 0 spiro atoms. The molecule has 402 valence electrons. The molecule has 0 saturated heterocycles. The maximum Gasteiger partial charge on any atom is 0.306 e. The van der Waals surface area contributed by atoms with Crippen LogP contribution in [0.4, 0.5) is 0 Å². The molecule has 3 unspecified atom stereocenters. The Morgan fingerprint density at radius 2 is 0.884 bits per heavy atom. The number of aliphatic hydroxyl groups is 3. The van der Waals surface area contributed by atoms with Crippen molar-refractivity contribution in [3.8, 4) is 0 Å². The van der Waals surface area contributed by atoms with Crippen LogP contribution in [0.15, 0.2) is 48.6 Å². The van der Waals surface area contributed by atoms with E-state index in [1.807, 2.05) is 18.2 Å². The van der Waals surface area contributed by atoms with Crippen molar-refractivity contribution in [2.24, 2.45) is 0 Å². The van der Waals surface area contributed by atoms with Crippen molar-refractivity contribution >= 4 is 35.4 Å². The van der Waals surface area contributed by atoms with Gasteiger partial charge in [0.05, 0.1) is 6.61 Å². The molecule has 0 radical (unpaired) electrons. The summed E-state index contributed by atoms with van der Waals surface area (Å²) in [5, 5.41) is 31.7. The summed E-state index contributed by atoms with van der Waals surface area (Å²) in [6.07, 6.45) is 24.5. The van der Waals surface area contributed by atoms with Crippen LogP contribution in [0, 0.1) is 0 Å². The van der Waals surface area contributed by atoms with E-state index < -0.39 is 91.3 Å². The van der Waals surface area contributed by atoms with Gasteiger partial charge in [-0.25, -0.2) is 0 Å². The van der Waals surface area contributed by atoms with Crippen molar-refractivity contribution < 1.29 is 90.6 Å². The van der Waals surface area contributed by atoms with Gasteiger partial charge in [-0.15, -0.1) is 0 Å². The molecule has 19 nitrogen and oxygen atoms in total. The van der Waals surface area contributed by atoms with Crippen LogP contribution < -0.4 is 14.7 Å². The predicted octanol–water partition coefficient (Wildman–Crippen LogP) is 7.51. The maximum atomic E-state index is 13.0. The van der Waals surface area contributed by atoms with Gasteiger partial charge >= 0.3 is 11.9 Å². The van der Waals surface area contributed by atoms with E-state index in [1.165, 1.54) is 83.5 Å². The van der Waals surface area contributed by atoms with E-state index in [4.69, 9.17) is 23.4 Å². The number of ether oxygens (including phenoxy) is 2. The van der Waals surface area contributed by atoms with Gasteiger partial charge in [-0.05, 0) is 51.4 Å². The highest BCUT2D eigenvalue weighted by molar-refractivity contribution is 7.46. The third-order valence-electron chi connectivity index (χ3n) is 11.1. The van der Waals surface area contributed by atoms with Gasteiger partial charge in [-0.2, -0.15) is 0 Å². The fraction of sp³-hybridized carbons (Fsp3) is 0.787. The monoisotopic (exact) mass is 1040 g/mol. The molecule has 0 aromatic carbocycles. The van der Waals surface area contributed by atoms with Crippen LogP contribution in [0.2, 0.25) is 0 Å². The Balaban J connectivity index is 2.75. The molecule has 1 aliphatic carbocycles. The zero-order valence-corrected chi connectivity index (χ0v) is 43.4. The molecular formula is C47H82O19P3-3. The topological polar surface area (TPSA) is 311 Å². The van der Waals surface area contributed by atoms with Crippen LogP contribution in [0.5, 0.6) is 0 Å². The zero-order valence-electron chi connectivity index (χ0n) is 40.8. The summed E-state index contributed by atoms with van der Waals surface area (Å²) in [6.45, 7) is 2.76. The zero-order chi connectivity index (χ0) is 51.4. The highest BCUT2D eigenvalue weighted by atomic mass is 31.2. The van der Waals surface area contributed by atoms with Gasteiger partial charge in [0, 0.05) is 12.8 Å². The number of carbonyl (C=O) groups is 2. The largest absolute Gasteiger partial charge is 0.756 e. The lowest BCUT2D eigenvalue weighted by Crippen LogP contribution is -2.65. The number of carbonyl (C=O) groups excluding carboxylic acids is 2. The fourth-order valence-electron chi connectivity index (χ4n) is 7.38. The molecule has 0 aromatic rings. The van der Waals surface area contributed by atoms with Gasteiger partial charge in [0.1, 0.15) is 43.2 Å². The Morgan fingerprint density at radius 1 is 0.493 bits per heavy atom. The number of aliphatic hydroxyl groups excluding tert-OH is 3. The molecule has 0 amide bonds. The van der Waals surface area contributed by atoms with Gasteiger partial charge in [0.25, 0.3) is 23.5 Å². The van der Waals surface area contributed by atoms with Crippen molar-refractivity contribution in [3.05, 3.63) is 48.6 Å². The molecule has 0 heterocycles. The summed E-state index contributed by atoms with van der Waals surface area (Å²) >= 11 is 0. The quantitative estimate of drug-likeness (QED) is 0.0171. The first-order valence-electron chi connectivity index (χ1n) is 24.9. The summed E-state index contributed by atoms with van der Waals surface area (Å²) in [7, 11) is -17.5. The third-order valence-corrected chi connectivity index (χ3v) is 13.1. The highest BCUT2D eigenvalue weighted by Crippen LogP contribution is 2.48. The lowest BCUT2D eigenvalue weighted by molar-refractivity contribution is -0.280. The van der Waals surface area contributed by atoms with Gasteiger partial charge in [0.15, 0.2) is 6.10 Å². The Morgan fingerprint density at radius 3 is 1.36 bits per heavy atom. The first kappa shape index (κ1) is 65.1. The molecular weight excluding hydrogens is 961 g/mol. The lowest BCUT2D eigenvalue weighted by Gasteiger charge is -2.47. The molecule has 1 saturated carbocycles. The number of phosphoric ester groups is 3. The summed E-state index contributed by atoms with van der Waals surface area (Å²) < 4.78 is 64.4. The van der Waals surface area contributed by atoms with Crippen LogP contribution in [0.3, 0.4) is 0 Å². The Labute approximate surface area is 410 Å². The van der Waals surface area contributed by atoms with Crippen molar-refractivity contribution in [3.63, 3.8) is 0 Å². The summed E-state index contributed by atoms with van der Waals surface area (Å²) in [4.78, 5) is 79.6. The average molecular weight is 1040 g/mol. The van der Waals surface area contributed by atoms with Crippen LogP contribution >= 0.6 is 23.5 Å². The van der Waals surface area contributed by atoms with E-state index in [2.05, 4.69) is 53.3 Å². The maximum absolute atomic E-state index is 13.0. The van der Waals surface area contributed by atoms with E-state index in [-0.39, 0.29) is 12.8 Å². The molecule has 1 aliphatic rings. The predicted molar refractivity (Wildman–Crippen MR) is 255 cm³/mol. The molecule has 0 aliphatic heterocycles. The molecule has 10 atom stereocenters. The average Bonchev–Trinajstić information content (AvgIpc) is 3.28. The second kappa shape index (κ2) is 38.7. The smallest absolute Gasteiger partial charge is 0.306 e. The minimum absolute atomic E-state index is 0.0496. The van der Waals surface area contributed by atoms with Crippen LogP contribution in [0.25, 0.3) is 0 Å². The Bertz CT molecular complexity index is 1630. The Hall–Kier alpha value is -1.89. The number of rotatable bonds is 42. The minimum atomic E-state index is -5.89. The molecule has 0 bridgehead atoms. The first-order valence-corrected chi connectivity index (χ1v) is 29.3. The summed E-state index contributed by atoms with van der Waals surface area (Å²) in [5.74, 6) is -1.42. The second-order valence-electron chi connectivity index (χ2n) is 17.3. The third kappa shape index (κ3) is 35.0. The van der Waals surface area contributed by atoms with Crippen LogP contribution in [0.1, 0.15) is 181 Å². The number of hydrogen-bond donors (Lipinski definition) is 5. The normalized spacial score (nSPS) is 23.1. The van der Waals surface area contributed by atoms with Gasteiger partial charge in [0.2, 0.25) is 0 Å². The standard InChI is InChI=1S/C47H85O19P3/c1-3-5-7-9-11-13-15-17-19-20-22-24-26-28-30-32-34-36-41(49)63-39(37-61-40(48)35-33-31-29-27-25-23-21-18-16-14-12-10-8-6-4-2)38-62-69(59,60)66-45-42(50)43(51)46(64-67(53,54)55)47(44(45)52)65-68(56,57)58/h11,13,17,19,22,24,28,30,39,42-47,50-52H,3-10,12,14-16,18,20-21,23,25-27,29,31-38H2,1-2H3,(H,59,60)(H2,53,54,55)(H2,56,57,58)/p-3/b13-11-,19-17-,24-22-,30-28-/t39-,42-,43+,44+,45-,46-,47-/m1/s1. The van der Waals surface area contributed by atoms with Crippen LogP contribution in [-0.2, 0) is 50.9 Å². The van der Waals surface area contributed by atoms with E-state index in [0.717, 1.165) is 44.9 Å². The molecule has 1 fully saturated rings. The number of allylic oxidation sites excluding steroid dienone is 8. The summed E-state index contributed by atoms with van der Waals surface area (Å²) in [6, 6.07) is 0. The van der Waals surface area contributed by atoms with Gasteiger partial charge in [-0.1, -0.05) is 165 Å². The van der Waals surface area contributed by atoms with E-state index in [1.54, 1.807) is 0 Å². The fourth-order valence-corrected chi connectivity index (χ4v) is 9.44. The summed E-state index contributed by atoms with van der Waals surface area (Å²) in [5.41, 5.74) is 0. The van der Waals surface area contributed by atoms with Crippen molar-refractivity contribution in [1.29, 1.82) is 0 Å².